The number of esters is 1. The summed E-state index contributed by atoms with van der Waals surface area (Å²) in [4.78, 5) is 16.0. The van der Waals surface area contributed by atoms with Crippen LogP contribution in [0.15, 0.2) is 52.9 Å². The minimum Gasteiger partial charge on any atom is -0.465 e. The third-order valence-electron chi connectivity index (χ3n) is 3.43. The Kier molecular flexibility index (Phi) is 5.88. The fraction of sp³-hybridized carbons (Fsp3) is 0.0556. The first-order valence-electron chi connectivity index (χ1n) is 7.46. The van der Waals surface area contributed by atoms with Gasteiger partial charge < -0.3 is 4.74 Å². The Labute approximate surface area is 164 Å². The van der Waals surface area contributed by atoms with Gasteiger partial charge in [0.15, 0.2) is 0 Å². The molecule has 1 aromatic heterocycles. The number of hydrazone groups is 1. The number of nitrogens with one attached hydrogen (secondary N) is 1. The normalized spacial score (nSPS) is 10.9. The van der Waals surface area contributed by atoms with Crippen LogP contribution in [0.5, 0.6) is 0 Å². The minimum absolute atomic E-state index is 0.278. The van der Waals surface area contributed by atoms with E-state index in [1.165, 1.54) is 36.8 Å². The van der Waals surface area contributed by atoms with E-state index >= 15 is 0 Å². The molecule has 0 aliphatic heterocycles. The monoisotopic (exact) mass is 405 g/mol. The smallest absolute Gasteiger partial charge is 0.337 e. The average Bonchev–Trinajstić information content (AvgIpc) is 3.12. The maximum absolute atomic E-state index is 11.6. The fourth-order valence-corrected chi connectivity index (χ4v) is 3.42. The molecule has 5 nitrogen and oxygen atoms in total. The van der Waals surface area contributed by atoms with Crippen molar-refractivity contribution in [3.8, 4) is 11.3 Å². The second-order valence-electron chi connectivity index (χ2n) is 5.12. The van der Waals surface area contributed by atoms with Crippen LogP contribution in [0, 0.1) is 0 Å². The number of hydrogen-bond donors (Lipinski definition) is 1. The van der Waals surface area contributed by atoms with Crippen molar-refractivity contribution in [1.29, 1.82) is 0 Å². The van der Waals surface area contributed by atoms with Crippen LogP contribution in [-0.2, 0) is 4.74 Å². The van der Waals surface area contributed by atoms with Crippen LogP contribution in [0.2, 0.25) is 10.0 Å². The van der Waals surface area contributed by atoms with Crippen molar-refractivity contribution < 1.29 is 9.53 Å². The number of rotatable bonds is 5. The van der Waals surface area contributed by atoms with E-state index in [1.807, 2.05) is 35.7 Å². The molecule has 0 atom stereocenters. The van der Waals surface area contributed by atoms with Crippen LogP contribution in [0.3, 0.4) is 0 Å². The molecule has 0 amide bonds. The Morgan fingerprint density at radius 3 is 2.58 bits per heavy atom. The summed E-state index contributed by atoms with van der Waals surface area (Å²) in [5.74, 6) is -0.508. The van der Waals surface area contributed by atoms with Crippen molar-refractivity contribution in [2.75, 3.05) is 12.5 Å². The zero-order chi connectivity index (χ0) is 18.5. The Morgan fingerprint density at radius 1 is 1.23 bits per heavy atom. The Hall–Kier alpha value is -2.41. The predicted octanol–water partition coefficient (Wildman–Crippen LogP) is 5.35. The Morgan fingerprint density at radius 2 is 1.92 bits per heavy atom. The summed E-state index contributed by atoms with van der Waals surface area (Å²) in [5, 5.41) is 7.30. The predicted molar refractivity (Wildman–Crippen MR) is 107 cm³/mol. The van der Waals surface area contributed by atoms with Crippen LogP contribution in [0.4, 0.5) is 5.13 Å². The molecule has 0 spiro atoms. The van der Waals surface area contributed by atoms with E-state index in [1.54, 1.807) is 0 Å². The molecule has 8 heteroatoms. The third kappa shape index (κ3) is 4.22. The Bertz CT molecular complexity index is 935. The van der Waals surface area contributed by atoms with Crippen LogP contribution in [0.1, 0.15) is 15.9 Å². The lowest BCUT2D eigenvalue weighted by molar-refractivity contribution is 0.0600. The lowest BCUT2D eigenvalue weighted by Gasteiger charge is -2.05. The highest BCUT2D eigenvalue weighted by Crippen LogP contribution is 2.27. The summed E-state index contributed by atoms with van der Waals surface area (Å²) >= 11 is 13.8. The zero-order valence-electron chi connectivity index (χ0n) is 13.6. The highest BCUT2D eigenvalue weighted by Gasteiger charge is 2.12. The highest BCUT2D eigenvalue weighted by molar-refractivity contribution is 7.14. The van der Waals surface area contributed by atoms with E-state index in [0.717, 1.165) is 11.3 Å². The van der Waals surface area contributed by atoms with E-state index in [-0.39, 0.29) is 5.56 Å². The molecule has 0 radical (unpaired) electrons. The van der Waals surface area contributed by atoms with Gasteiger partial charge in [-0.1, -0.05) is 53.5 Å². The number of methoxy groups -OCH3 is 1. The molecule has 0 bridgehead atoms. The number of nitrogens with zero attached hydrogens (tertiary/aromatic N) is 2. The maximum atomic E-state index is 11.6. The van der Waals surface area contributed by atoms with Gasteiger partial charge in [0.1, 0.15) is 0 Å². The fourth-order valence-electron chi connectivity index (χ4n) is 2.16. The van der Waals surface area contributed by atoms with Gasteiger partial charge in [0.25, 0.3) is 0 Å². The van der Waals surface area contributed by atoms with Crippen LogP contribution < -0.4 is 5.43 Å². The quantitative estimate of drug-likeness (QED) is 0.353. The number of thiazole rings is 1. The van der Waals surface area contributed by atoms with Gasteiger partial charge in [-0.25, -0.2) is 9.78 Å². The van der Waals surface area contributed by atoms with Gasteiger partial charge in [-0.05, 0) is 12.1 Å². The molecule has 26 heavy (non-hydrogen) atoms. The summed E-state index contributed by atoms with van der Waals surface area (Å²) in [5.41, 5.74) is 5.53. The van der Waals surface area contributed by atoms with E-state index in [9.17, 15) is 4.79 Å². The SMILES string of the molecule is COC(=O)c1cc(Cl)c(C=NNc2nc(-c3ccccc3)cs2)c(Cl)c1. The van der Waals surface area contributed by atoms with E-state index in [2.05, 4.69) is 20.2 Å². The molecule has 0 saturated heterocycles. The molecule has 0 aliphatic carbocycles. The molecule has 1 heterocycles. The number of halogens is 2. The number of hydrogen-bond acceptors (Lipinski definition) is 6. The molecule has 3 aromatic rings. The van der Waals surface area contributed by atoms with Crippen molar-refractivity contribution in [2.45, 2.75) is 0 Å². The van der Waals surface area contributed by atoms with Gasteiger partial charge in [0.2, 0.25) is 5.13 Å². The van der Waals surface area contributed by atoms with E-state index < -0.39 is 5.97 Å². The molecule has 2 aromatic carbocycles. The molecular formula is C18H13Cl2N3O2S. The number of ether oxygens (including phenoxy) is 1. The summed E-state index contributed by atoms with van der Waals surface area (Å²) in [6.45, 7) is 0. The first kappa shape index (κ1) is 18.4. The third-order valence-corrected chi connectivity index (χ3v) is 4.80. The molecule has 0 aliphatic rings. The Balaban J connectivity index is 1.73. The van der Waals surface area contributed by atoms with Gasteiger partial charge in [0, 0.05) is 16.5 Å². The average molecular weight is 406 g/mol. The maximum Gasteiger partial charge on any atom is 0.337 e. The molecule has 1 N–H and O–H groups in total. The van der Waals surface area contributed by atoms with Gasteiger partial charge in [-0.2, -0.15) is 5.10 Å². The first-order chi connectivity index (χ1) is 12.6. The van der Waals surface area contributed by atoms with Crippen molar-refractivity contribution in [3.63, 3.8) is 0 Å². The molecule has 0 fully saturated rings. The van der Waals surface area contributed by atoms with Crippen molar-refractivity contribution >= 4 is 51.9 Å². The van der Waals surface area contributed by atoms with Gasteiger partial charge in [0.05, 0.1) is 34.6 Å². The number of benzene rings is 2. The number of anilines is 1. The summed E-state index contributed by atoms with van der Waals surface area (Å²) < 4.78 is 4.65. The number of aromatic nitrogens is 1. The lowest BCUT2D eigenvalue weighted by Crippen LogP contribution is -2.02. The molecule has 132 valence electrons. The van der Waals surface area contributed by atoms with E-state index in [4.69, 9.17) is 23.2 Å². The van der Waals surface area contributed by atoms with Crippen molar-refractivity contribution in [2.24, 2.45) is 5.10 Å². The van der Waals surface area contributed by atoms with Crippen LogP contribution >= 0.6 is 34.5 Å². The number of carbonyl (C=O) groups is 1. The topological polar surface area (TPSA) is 63.6 Å². The largest absolute Gasteiger partial charge is 0.465 e. The molecule has 3 rings (SSSR count). The summed E-state index contributed by atoms with van der Waals surface area (Å²) in [6.07, 6.45) is 1.48. The lowest BCUT2D eigenvalue weighted by atomic mass is 10.1. The van der Waals surface area contributed by atoms with Gasteiger partial charge in [-0.3, -0.25) is 5.43 Å². The highest BCUT2D eigenvalue weighted by atomic mass is 35.5. The van der Waals surface area contributed by atoms with Gasteiger partial charge >= 0.3 is 5.97 Å². The van der Waals surface area contributed by atoms with Crippen LogP contribution in [0.25, 0.3) is 11.3 Å². The second kappa shape index (κ2) is 8.31. The van der Waals surface area contributed by atoms with E-state index in [0.29, 0.717) is 20.7 Å². The summed E-state index contributed by atoms with van der Waals surface area (Å²) in [7, 11) is 1.29. The van der Waals surface area contributed by atoms with Crippen molar-refractivity contribution in [3.05, 3.63) is 69.0 Å². The van der Waals surface area contributed by atoms with Gasteiger partial charge in [-0.15, -0.1) is 11.3 Å². The number of carbonyl (C=O) groups excluding carboxylic acids is 1. The molecular weight excluding hydrogens is 393 g/mol. The molecule has 0 saturated carbocycles. The first-order valence-corrected chi connectivity index (χ1v) is 9.09. The minimum atomic E-state index is -0.508. The zero-order valence-corrected chi connectivity index (χ0v) is 15.9. The summed E-state index contributed by atoms with van der Waals surface area (Å²) in [6, 6.07) is 12.8. The van der Waals surface area contributed by atoms with Crippen molar-refractivity contribution in [1.82, 2.24) is 4.98 Å². The standard InChI is InChI=1S/C18H13Cl2N3O2S/c1-25-17(24)12-7-14(19)13(15(20)8-12)9-21-23-18-22-16(10-26-18)11-5-3-2-4-6-11/h2-10H,1H3,(H,22,23). The molecule has 0 unspecified atom stereocenters. The van der Waals surface area contributed by atoms with Crippen LogP contribution in [-0.4, -0.2) is 24.3 Å². The second-order valence-corrected chi connectivity index (χ2v) is 6.79.